The lowest BCUT2D eigenvalue weighted by Gasteiger charge is -2.10. The normalized spacial score (nSPS) is 19.9. The second-order valence-electron chi connectivity index (χ2n) is 3.15. The van der Waals surface area contributed by atoms with Gasteiger partial charge in [-0.05, 0) is 13.3 Å². The average Bonchev–Trinajstić information content (AvgIpc) is 2.64. The van der Waals surface area contributed by atoms with Crippen LogP contribution in [0.2, 0.25) is 0 Å². The van der Waals surface area contributed by atoms with E-state index in [1.165, 1.54) is 0 Å². The van der Waals surface area contributed by atoms with Crippen molar-refractivity contribution in [3.8, 4) is 0 Å². The Labute approximate surface area is 95.6 Å². The van der Waals surface area contributed by atoms with Crippen LogP contribution in [0.15, 0.2) is 6.20 Å². The molecule has 14 heavy (non-hydrogen) atoms. The number of nitrogen functional groups attached to an aromatic ring is 1. The molecule has 0 spiro atoms. The SMILES string of the molecule is Cc1c(N)cnn1[C@H]1CCOC1.Cl.Cl. The molecule has 1 saturated heterocycles. The third-order valence-corrected chi connectivity index (χ3v) is 2.33. The third kappa shape index (κ3) is 2.32. The summed E-state index contributed by atoms with van der Waals surface area (Å²) in [6, 6.07) is 0.391. The smallest absolute Gasteiger partial charge is 0.0778 e. The van der Waals surface area contributed by atoms with Crippen LogP contribution in [-0.2, 0) is 4.74 Å². The number of nitrogens with two attached hydrogens (primary N) is 1. The average molecular weight is 240 g/mol. The van der Waals surface area contributed by atoms with E-state index in [0.717, 1.165) is 31.0 Å². The van der Waals surface area contributed by atoms with Crippen molar-refractivity contribution in [1.82, 2.24) is 9.78 Å². The molecule has 1 aromatic heterocycles. The van der Waals surface area contributed by atoms with Gasteiger partial charge in [0.25, 0.3) is 0 Å². The first-order valence-electron chi connectivity index (χ1n) is 4.16. The predicted octanol–water partition coefficient (Wildman–Crippen LogP) is 1.58. The summed E-state index contributed by atoms with van der Waals surface area (Å²) in [5, 5.41) is 4.21. The van der Waals surface area contributed by atoms with E-state index in [1.54, 1.807) is 6.20 Å². The van der Waals surface area contributed by atoms with Crippen LogP contribution >= 0.6 is 24.8 Å². The van der Waals surface area contributed by atoms with Crippen molar-refractivity contribution in [3.05, 3.63) is 11.9 Å². The zero-order valence-electron chi connectivity index (χ0n) is 7.97. The van der Waals surface area contributed by atoms with E-state index in [-0.39, 0.29) is 24.8 Å². The van der Waals surface area contributed by atoms with E-state index < -0.39 is 0 Å². The summed E-state index contributed by atoms with van der Waals surface area (Å²) >= 11 is 0. The zero-order valence-corrected chi connectivity index (χ0v) is 9.61. The number of halogens is 2. The summed E-state index contributed by atoms with van der Waals surface area (Å²) in [5.74, 6) is 0. The van der Waals surface area contributed by atoms with Gasteiger partial charge in [0.1, 0.15) is 0 Å². The number of hydrogen-bond donors (Lipinski definition) is 1. The summed E-state index contributed by atoms with van der Waals surface area (Å²) in [5.41, 5.74) is 7.50. The van der Waals surface area contributed by atoms with Crippen LogP contribution in [0.4, 0.5) is 5.69 Å². The van der Waals surface area contributed by atoms with Crippen LogP contribution in [0.3, 0.4) is 0 Å². The molecule has 0 aliphatic carbocycles. The van der Waals surface area contributed by atoms with Gasteiger partial charge in [-0.25, -0.2) is 0 Å². The van der Waals surface area contributed by atoms with Gasteiger partial charge >= 0.3 is 0 Å². The third-order valence-electron chi connectivity index (χ3n) is 2.33. The summed E-state index contributed by atoms with van der Waals surface area (Å²) in [4.78, 5) is 0. The van der Waals surface area contributed by atoms with Crippen molar-refractivity contribution in [2.75, 3.05) is 18.9 Å². The van der Waals surface area contributed by atoms with Crippen LogP contribution < -0.4 is 5.73 Å². The van der Waals surface area contributed by atoms with E-state index in [4.69, 9.17) is 10.5 Å². The van der Waals surface area contributed by atoms with Gasteiger partial charge in [0.2, 0.25) is 0 Å². The topological polar surface area (TPSA) is 53.1 Å². The van der Waals surface area contributed by atoms with Gasteiger partial charge in [-0.1, -0.05) is 0 Å². The highest BCUT2D eigenvalue weighted by Crippen LogP contribution is 2.21. The molecule has 2 N–H and O–H groups in total. The molecule has 1 aliphatic heterocycles. The van der Waals surface area contributed by atoms with E-state index in [1.807, 2.05) is 11.6 Å². The highest BCUT2D eigenvalue weighted by Gasteiger charge is 2.19. The van der Waals surface area contributed by atoms with Crippen LogP contribution in [0.1, 0.15) is 18.2 Å². The van der Waals surface area contributed by atoms with Crippen molar-refractivity contribution in [1.29, 1.82) is 0 Å². The zero-order chi connectivity index (χ0) is 8.55. The molecule has 2 heterocycles. The molecular weight excluding hydrogens is 225 g/mol. The minimum absolute atomic E-state index is 0. The second-order valence-corrected chi connectivity index (χ2v) is 3.15. The number of aromatic nitrogens is 2. The van der Waals surface area contributed by atoms with Crippen molar-refractivity contribution < 1.29 is 4.74 Å². The molecule has 1 atom stereocenters. The molecule has 1 aromatic rings. The first kappa shape index (κ1) is 13.5. The molecular formula is C8H15Cl2N3O. The highest BCUT2D eigenvalue weighted by atomic mass is 35.5. The van der Waals surface area contributed by atoms with E-state index in [2.05, 4.69) is 5.10 Å². The lowest BCUT2D eigenvalue weighted by molar-refractivity contribution is 0.184. The number of rotatable bonds is 1. The van der Waals surface area contributed by atoms with Crippen LogP contribution in [0.5, 0.6) is 0 Å². The molecule has 0 unspecified atom stereocenters. The predicted molar refractivity (Wildman–Crippen MR) is 60.3 cm³/mol. The Bertz CT molecular complexity index is 284. The Hall–Kier alpha value is -0.450. The van der Waals surface area contributed by atoms with Gasteiger partial charge in [0.15, 0.2) is 0 Å². The summed E-state index contributed by atoms with van der Waals surface area (Å²) in [6.07, 6.45) is 2.75. The maximum absolute atomic E-state index is 5.68. The summed E-state index contributed by atoms with van der Waals surface area (Å²) in [6.45, 7) is 3.59. The van der Waals surface area contributed by atoms with Crippen LogP contribution in [-0.4, -0.2) is 23.0 Å². The minimum atomic E-state index is 0. The summed E-state index contributed by atoms with van der Waals surface area (Å²) < 4.78 is 7.23. The lowest BCUT2D eigenvalue weighted by Crippen LogP contribution is -2.11. The molecule has 0 saturated carbocycles. The molecule has 0 bridgehead atoms. The fourth-order valence-electron chi connectivity index (χ4n) is 1.52. The Morgan fingerprint density at radius 2 is 2.29 bits per heavy atom. The monoisotopic (exact) mass is 239 g/mol. The van der Waals surface area contributed by atoms with Crippen molar-refractivity contribution in [2.45, 2.75) is 19.4 Å². The molecule has 0 amide bonds. The highest BCUT2D eigenvalue weighted by molar-refractivity contribution is 5.85. The first-order valence-corrected chi connectivity index (χ1v) is 4.16. The Morgan fingerprint density at radius 1 is 1.57 bits per heavy atom. The number of anilines is 1. The van der Waals surface area contributed by atoms with Crippen LogP contribution in [0, 0.1) is 6.92 Å². The maximum atomic E-state index is 5.68. The van der Waals surface area contributed by atoms with E-state index in [0.29, 0.717) is 6.04 Å². The minimum Gasteiger partial charge on any atom is -0.396 e. The number of hydrogen-bond acceptors (Lipinski definition) is 3. The molecule has 0 aromatic carbocycles. The lowest BCUT2D eigenvalue weighted by atomic mass is 10.2. The fourth-order valence-corrected chi connectivity index (χ4v) is 1.52. The molecule has 4 nitrogen and oxygen atoms in total. The Balaban J connectivity index is 0.000000845. The van der Waals surface area contributed by atoms with E-state index in [9.17, 15) is 0 Å². The number of nitrogens with zero attached hydrogens (tertiary/aromatic N) is 2. The van der Waals surface area contributed by atoms with Gasteiger partial charge in [-0.15, -0.1) is 24.8 Å². The van der Waals surface area contributed by atoms with Gasteiger partial charge in [0.05, 0.1) is 30.2 Å². The van der Waals surface area contributed by atoms with Crippen molar-refractivity contribution in [3.63, 3.8) is 0 Å². The molecule has 0 radical (unpaired) electrons. The number of ether oxygens (including phenoxy) is 1. The quantitative estimate of drug-likeness (QED) is 0.810. The standard InChI is InChI=1S/C8H13N3O.2ClH/c1-6-8(9)4-10-11(6)7-2-3-12-5-7;;/h4,7H,2-3,5,9H2,1H3;2*1H/t7-;;/m0../s1. The fraction of sp³-hybridized carbons (Fsp3) is 0.625. The van der Waals surface area contributed by atoms with Gasteiger partial charge < -0.3 is 10.5 Å². The largest absolute Gasteiger partial charge is 0.396 e. The molecule has 6 heteroatoms. The first-order chi connectivity index (χ1) is 5.79. The van der Waals surface area contributed by atoms with Crippen molar-refractivity contribution in [2.24, 2.45) is 0 Å². The van der Waals surface area contributed by atoms with E-state index >= 15 is 0 Å². The molecule has 1 fully saturated rings. The van der Waals surface area contributed by atoms with Gasteiger partial charge in [-0.2, -0.15) is 5.10 Å². The van der Waals surface area contributed by atoms with Crippen molar-refractivity contribution >= 4 is 30.5 Å². The molecule has 1 aliphatic rings. The maximum Gasteiger partial charge on any atom is 0.0778 e. The van der Waals surface area contributed by atoms with Gasteiger partial charge in [0, 0.05) is 6.61 Å². The van der Waals surface area contributed by atoms with Gasteiger partial charge in [-0.3, -0.25) is 4.68 Å². The molecule has 82 valence electrons. The second kappa shape index (κ2) is 5.44. The molecule has 2 rings (SSSR count). The summed E-state index contributed by atoms with van der Waals surface area (Å²) in [7, 11) is 0. The Morgan fingerprint density at radius 3 is 2.71 bits per heavy atom. The Kier molecular flexibility index (Phi) is 5.26. The van der Waals surface area contributed by atoms with Crippen LogP contribution in [0.25, 0.3) is 0 Å².